The van der Waals surface area contributed by atoms with Gasteiger partial charge in [-0.2, -0.15) is 0 Å². The summed E-state index contributed by atoms with van der Waals surface area (Å²) in [6, 6.07) is 24.3. The van der Waals surface area contributed by atoms with E-state index in [0.717, 1.165) is 48.7 Å². The van der Waals surface area contributed by atoms with Gasteiger partial charge in [0.2, 0.25) is 5.89 Å². The lowest BCUT2D eigenvalue weighted by atomic mass is 9.92. The van der Waals surface area contributed by atoms with E-state index in [2.05, 4.69) is 18.2 Å². The summed E-state index contributed by atoms with van der Waals surface area (Å²) in [5.41, 5.74) is 2.17. The number of aromatic nitrogens is 1. The minimum absolute atomic E-state index is 0.517. The van der Waals surface area contributed by atoms with Gasteiger partial charge in [-0.05, 0) is 74.1 Å². The Bertz CT molecular complexity index is 2100. The van der Waals surface area contributed by atoms with Crippen molar-refractivity contribution in [3.05, 3.63) is 72.8 Å². The highest BCUT2D eigenvalue weighted by Crippen LogP contribution is 2.48. The van der Waals surface area contributed by atoms with Gasteiger partial charge in [0.05, 0.1) is 35.5 Å². The molecule has 0 aliphatic rings. The van der Waals surface area contributed by atoms with Crippen molar-refractivity contribution in [1.82, 2.24) is 4.98 Å². The molecule has 0 saturated heterocycles. The summed E-state index contributed by atoms with van der Waals surface area (Å²) in [5, 5.41) is 7.81. The maximum absolute atomic E-state index is 6.50. The summed E-state index contributed by atoms with van der Waals surface area (Å²) in [5.74, 6) is 3.59. The van der Waals surface area contributed by atoms with Crippen molar-refractivity contribution in [2.45, 2.75) is 0 Å². The molecule has 7 aromatic rings. The number of fused-ring (bicyclic) bond motifs is 9. The van der Waals surface area contributed by atoms with E-state index < -0.39 is 0 Å². The fraction of sp³-hybridized carbons (Fsp3) is 0.147. The molecule has 0 radical (unpaired) electrons. The molecule has 0 atom stereocenters. The van der Waals surface area contributed by atoms with Gasteiger partial charge in [0.25, 0.3) is 0 Å². The molecule has 204 valence electrons. The van der Waals surface area contributed by atoms with Crippen molar-refractivity contribution in [3.63, 3.8) is 0 Å². The molecule has 0 saturated carbocycles. The molecule has 7 nitrogen and oxygen atoms in total. The van der Waals surface area contributed by atoms with E-state index in [0.29, 0.717) is 45.7 Å². The number of benzene rings is 6. The van der Waals surface area contributed by atoms with Crippen molar-refractivity contribution in [2.75, 3.05) is 35.5 Å². The second kappa shape index (κ2) is 9.48. The van der Waals surface area contributed by atoms with Crippen LogP contribution >= 0.6 is 0 Å². The van der Waals surface area contributed by atoms with Crippen LogP contribution in [0.1, 0.15) is 0 Å². The molecular weight excluding hydrogens is 518 g/mol. The van der Waals surface area contributed by atoms with Gasteiger partial charge in [0, 0.05) is 10.9 Å². The van der Waals surface area contributed by atoms with Gasteiger partial charge in [0.15, 0.2) is 34.3 Å². The zero-order chi connectivity index (χ0) is 28.2. The first-order valence-corrected chi connectivity index (χ1v) is 13.1. The van der Waals surface area contributed by atoms with Crippen LogP contribution in [0.4, 0.5) is 0 Å². The smallest absolute Gasteiger partial charge is 0.228 e. The van der Waals surface area contributed by atoms with Gasteiger partial charge in [-0.25, -0.2) is 4.98 Å². The van der Waals surface area contributed by atoms with Crippen molar-refractivity contribution in [1.29, 1.82) is 0 Å². The van der Waals surface area contributed by atoms with Gasteiger partial charge in [-0.3, -0.25) is 0 Å². The van der Waals surface area contributed by atoms with Crippen LogP contribution in [0.3, 0.4) is 0 Å². The number of methoxy groups -OCH3 is 5. The summed E-state index contributed by atoms with van der Waals surface area (Å²) in [7, 11) is 8.17. The quantitative estimate of drug-likeness (QED) is 0.195. The third kappa shape index (κ3) is 3.62. The lowest BCUT2D eigenvalue weighted by Gasteiger charge is -2.17. The molecule has 6 aromatic carbocycles. The Hall–Kier alpha value is -5.17. The Morgan fingerprint density at radius 2 is 1.00 bits per heavy atom. The number of hydrogen-bond acceptors (Lipinski definition) is 7. The molecule has 0 bridgehead atoms. The maximum atomic E-state index is 6.50. The third-order valence-corrected chi connectivity index (χ3v) is 7.77. The van der Waals surface area contributed by atoms with Crippen LogP contribution in [-0.4, -0.2) is 40.5 Å². The van der Waals surface area contributed by atoms with Gasteiger partial charge in [0.1, 0.15) is 5.52 Å². The predicted octanol–water partition coefficient (Wildman–Crippen LogP) is 8.15. The average Bonchev–Trinajstić information content (AvgIpc) is 3.47. The monoisotopic (exact) mass is 545 g/mol. The Labute approximate surface area is 235 Å². The molecule has 0 N–H and O–H groups in total. The first-order chi connectivity index (χ1) is 20.1. The first-order valence-electron chi connectivity index (χ1n) is 13.1. The molecule has 0 unspecified atom stereocenters. The second-order valence-electron chi connectivity index (χ2n) is 9.73. The summed E-state index contributed by atoms with van der Waals surface area (Å²) in [6.45, 7) is 0. The highest BCUT2D eigenvalue weighted by molar-refractivity contribution is 6.32. The summed E-state index contributed by atoms with van der Waals surface area (Å²) in [4.78, 5) is 5.13. The third-order valence-electron chi connectivity index (χ3n) is 7.77. The minimum atomic E-state index is 0.517. The molecule has 0 aliphatic heterocycles. The van der Waals surface area contributed by atoms with Crippen LogP contribution in [0.5, 0.6) is 28.7 Å². The molecule has 1 heterocycles. The number of nitrogens with zero attached hydrogens (tertiary/aromatic N) is 1. The molecular formula is C34H27NO6. The van der Waals surface area contributed by atoms with E-state index >= 15 is 0 Å². The maximum Gasteiger partial charge on any atom is 0.228 e. The second-order valence-corrected chi connectivity index (χ2v) is 9.73. The molecule has 0 spiro atoms. The predicted molar refractivity (Wildman–Crippen MR) is 162 cm³/mol. The zero-order valence-electron chi connectivity index (χ0n) is 23.3. The Morgan fingerprint density at radius 1 is 0.512 bits per heavy atom. The Balaban J connectivity index is 1.70. The van der Waals surface area contributed by atoms with Gasteiger partial charge in [-0.15, -0.1) is 0 Å². The molecule has 0 amide bonds. The lowest BCUT2D eigenvalue weighted by molar-refractivity contribution is 0.355. The van der Waals surface area contributed by atoms with E-state index in [9.17, 15) is 0 Å². The summed E-state index contributed by atoms with van der Waals surface area (Å²) < 4.78 is 35.2. The van der Waals surface area contributed by atoms with Crippen LogP contribution in [0.15, 0.2) is 77.2 Å². The van der Waals surface area contributed by atoms with E-state index in [1.807, 2.05) is 54.6 Å². The molecule has 0 fully saturated rings. The number of oxazole rings is 1. The fourth-order valence-corrected chi connectivity index (χ4v) is 5.85. The number of rotatable bonds is 6. The highest BCUT2D eigenvalue weighted by atomic mass is 16.5. The van der Waals surface area contributed by atoms with Crippen LogP contribution in [0, 0.1) is 0 Å². The van der Waals surface area contributed by atoms with Crippen LogP contribution in [0.25, 0.3) is 65.6 Å². The molecule has 7 heteroatoms. The van der Waals surface area contributed by atoms with E-state index in [1.165, 1.54) is 0 Å². The van der Waals surface area contributed by atoms with Gasteiger partial charge >= 0.3 is 0 Å². The minimum Gasteiger partial charge on any atom is -0.493 e. The van der Waals surface area contributed by atoms with Crippen LogP contribution < -0.4 is 23.7 Å². The largest absolute Gasteiger partial charge is 0.493 e. The summed E-state index contributed by atoms with van der Waals surface area (Å²) >= 11 is 0. The first kappa shape index (κ1) is 24.8. The van der Waals surface area contributed by atoms with Crippen LogP contribution in [0.2, 0.25) is 0 Å². The van der Waals surface area contributed by atoms with Crippen LogP contribution in [-0.2, 0) is 0 Å². The summed E-state index contributed by atoms with van der Waals surface area (Å²) in [6.07, 6.45) is 0. The molecule has 0 aliphatic carbocycles. The number of hydrogen-bond donors (Lipinski definition) is 0. The molecule has 1 aromatic heterocycles. The average molecular weight is 546 g/mol. The van der Waals surface area contributed by atoms with E-state index in [-0.39, 0.29) is 0 Å². The van der Waals surface area contributed by atoms with Crippen molar-refractivity contribution in [2.24, 2.45) is 0 Å². The molecule has 7 rings (SSSR count). The van der Waals surface area contributed by atoms with E-state index in [1.54, 1.807) is 35.5 Å². The standard InChI is InChI=1S/C34H27NO6/c1-36-26-13-21-22-14-28(38-3)29(39-4)16-24(22)31-25(23(21)15-27(26)37-2)17-30(40-5)33-32(31)35-34(41-33)20-12-8-10-18-9-6-7-11-19(18)20/h6-17H,1-5H3. The van der Waals surface area contributed by atoms with Crippen molar-refractivity contribution in [3.8, 4) is 40.2 Å². The normalized spacial score (nSPS) is 11.5. The lowest BCUT2D eigenvalue weighted by Crippen LogP contribution is -1.95. The fourth-order valence-electron chi connectivity index (χ4n) is 5.85. The van der Waals surface area contributed by atoms with Crippen molar-refractivity contribution >= 4 is 54.2 Å². The Morgan fingerprint density at radius 3 is 1.59 bits per heavy atom. The molecule has 41 heavy (non-hydrogen) atoms. The van der Waals surface area contributed by atoms with Crippen molar-refractivity contribution < 1.29 is 28.1 Å². The van der Waals surface area contributed by atoms with Gasteiger partial charge < -0.3 is 28.1 Å². The number of ether oxygens (including phenoxy) is 5. The topological polar surface area (TPSA) is 72.2 Å². The van der Waals surface area contributed by atoms with Gasteiger partial charge in [-0.1, -0.05) is 36.4 Å². The van der Waals surface area contributed by atoms with E-state index in [4.69, 9.17) is 33.1 Å². The SMILES string of the molecule is COc1cc2c3cc(OC)c(OC)cc3c3c(cc(OC)c4oc(-c5cccc6ccccc56)nc43)c2cc1OC. The Kier molecular flexibility index (Phi) is 5.75. The zero-order valence-corrected chi connectivity index (χ0v) is 23.3. The highest BCUT2D eigenvalue weighted by Gasteiger charge is 2.23.